The molecular formula is C93H112F4O12S2+2. The Kier molecular flexibility index (Phi) is 24.7. The molecule has 13 aliphatic carbocycles. The van der Waals surface area contributed by atoms with Crippen LogP contribution in [0.4, 0.5) is 17.6 Å². The molecule has 12 bridgehead atoms. The maximum atomic E-state index is 13.4. The first kappa shape index (κ1) is 81.6. The van der Waals surface area contributed by atoms with Gasteiger partial charge in [-0.1, -0.05) is 120 Å². The van der Waals surface area contributed by atoms with E-state index in [0.717, 1.165) is 102 Å². The van der Waals surface area contributed by atoms with Gasteiger partial charge in [-0.3, -0.25) is 9.59 Å². The Morgan fingerprint density at radius 2 is 0.667 bits per heavy atom. The topological polar surface area (TPSA) is 158 Å². The van der Waals surface area contributed by atoms with Crippen LogP contribution in [0.2, 0.25) is 0 Å². The van der Waals surface area contributed by atoms with Gasteiger partial charge in [0.25, 0.3) is 0 Å². The average molecular weight is 1560 g/mol. The summed E-state index contributed by atoms with van der Waals surface area (Å²) in [5.74, 6) is -9.40. The van der Waals surface area contributed by atoms with E-state index in [9.17, 15) is 46.3 Å². The van der Waals surface area contributed by atoms with Gasteiger partial charge in [-0.05, 0) is 309 Å². The van der Waals surface area contributed by atoms with Crippen LogP contribution in [0.15, 0.2) is 175 Å². The van der Waals surface area contributed by atoms with Gasteiger partial charge < -0.3 is 28.4 Å². The molecule has 6 aromatic carbocycles. The van der Waals surface area contributed by atoms with E-state index in [0.29, 0.717) is 64.2 Å². The minimum Gasteiger partial charge on any atom is -0.457 e. The molecule has 4 atom stereocenters. The monoisotopic (exact) mass is 1560 g/mol. The minimum atomic E-state index is -3.53. The second-order valence-corrected chi connectivity index (χ2v) is 39.3. The number of carbonyl (C=O) groups is 6. The molecule has 19 rings (SSSR count). The van der Waals surface area contributed by atoms with Crippen LogP contribution in [0, 0.1) is 112 Å². The molecule has 0 saturated heterocycles. The third kappa shape index (κ3) is 18.7. The maximum absolute atomic E-state index is 13.4. The largest absolute Gasteiger partial charge is 0.457 e. The lowest BCUT2D eigenvalue weighted by atomic mass is 9.48. The molecule has 18 heteroatoms. The zero-order chi connectivity index (χ0) is 79.0. The fourth-order valence-electron chi connectivity index (χ4n) is 21.5. The molecule has 0 N–H and O–H groups in total. The fraction of sp³-hybridized carbons (Fsp3) is 0.548. The molecule has 0 heterocycles. The molecule has 4 unspecified atom stereocenters. The van der Waals surface area contributed by atoms with Gasteiger partial charge in [-0.25, -0.2) is 19.2 Å². The highest BCUT2D eigenvalue weighted by Gasteiger charge is 2.64. The molecule has 0 spiro atoms. The van der Waals surface area contributed by atoms with Crippen molar-refractivity contribution in [2.45, 2.75) is 269 Å². The Morgan fingerprint density at radius 3 is 0.937 bits per heavy atom. The highest BCUT2D eigenvalue weighted by atomic mass is 32.2. The van der Waals surface area contributed by atoms with Crippen molar-refractivity contribution in [3.8, 4) is 0 Å². The van der Waals surface area contributed by atoms with Crippen LogP contribution >= 0.6 is 0 Å². The Hall–Kier alpha value is -7.44. The molecule has 0 aromatic heterocycles. The summed E-state index contributed by atoms with van der Waals surface area (Å²) < 4.78 is 86.7. The minimum absolute atomic E-state index is 0.0394. The fourth-order valence-corrected chi connectivity index (χ4v) is 25.5. The average Bonchev–Trinajstić information content (AvgIpc) is 0.736. The Balaban J connectivity index is 0.000000133. The van der Waals surface area contributed by atoms with Crippen LogP contribution in [0.3, 0.4) is 0 Å². The van der Waals surface area contributed by atoms with Crippen molar-refractivity contribution in [2.24, 2.45) is 70.0 Å². The number of halogens is 4. The van der Waals surface area contributed by atoms with Crippen molar-refractivity contribution in [1.29, 1.82) is 0 Å². The van der Waals surface area contributed by atoms with Gasteiger partial charge in [0.1, 0.15) is 23.4 Å². The zero-order valence-corrected chi connectivity index (χ0v) is 67.9. The van der Waals surface area contributed by atoms with Crippen molar-refractivity contribution < 1.29 is 74.8 Å². The molecule has 13 aliphatic rings. The van der Waals surface area contributed by atoms with Gasteiger partial charge in [0.05, 0.1) is 32.6 Å². The highest BCUT2D eigenvalue weighted by molar-refractivity contribution is 7.97. The molecule has 13 fully saturated rings. The van der Waals surface area contributed by atoms with E-state index in [1.165, 1.54) is 69.2 Å². The predicted molar refractivity (Wildman–Crippen MR) is 420 cm³/mol. The number of benzene rings is 6. The smallest absolute Gasteiger partial charge is 0.376 e. The first-order valence-electron chi connectivity index (χ1n) is 40.6. The summed E-state index contributed by atoms with van der Waals surface area (Å²) >= 11 is 0. The molecular weight excluding hydrogens is 1450 g/mol. The highest BCUT2D eigenvalue weighted by Crippen LogP contribution is 2.64. The normalized spacial score (nSPS) is 29.3. The summed E-state index contributed by atoms with van der Waals surface area (Å²) in [5.41, 5.74) is 5.49. The second kappa shape index (κ2) is 33.6. The van der Waals surface area contributed by atoms with E-state index in [4.69, 9.17) is 28.4 Å². The number of alkyl halides is 4. The van der Waals surface area contributed by atoms with E-state index >= 15 is 0 Å². The van der Waals surface area contributed by atoms with Gasteiger partial charge in [0.2, 0.25) is 0 Å². The molecule has 111 heavy (non-hydrogen) atoms. The van der Waals surface area contributed by atoms with Gasteiger partial charge in [-0.2, -0.15) is 17.6 Å². The summed E-state index contributed by atoms with van der Waals surface area (Å²) in [6.07, 6.45) is 16.5. The van der Waals surface area contributed by atoms with Crippen molar-refractivity contribution in [1.82, 2.24) is 0 Å². The summed E-state index contributed by atoms with van der Waals surface area (Å²) in [6, 6.07) is 53.6. The number of rotatable bonds is 19. The Morgan fingerprint density at radius 1 is 0.387 bits per heavy atom. The van der Waals surface area contributed by atoms with Crippen molar-refractivity contribution in [2.75, 3.05) is 13.2 Å². The summed E-state index contributed by atoms with van der Waals surface area (Å²) in [6.45, 7) is 17.2. The van der Waals surface area contributed by atoms with Gasteiger partial charge >= 0.3 is 47.7 Å². The molecule has 594 valence electrons. The lowest BCUT2D eigenvalue weighted by molar-refractivity contribution is -0.218. The second-order valence-electron chi connectivity index (χ2n) is 35.2. The van der Waals surface area contributed by atoms with Crippen LogP contribution in [0.5, 0.6) is 0 Å². The Labute approximate surface area is 659 Å². The number of hydrogen-bond acceptors (Lipinski definition) is 12. The number of aryl methyl sites for hydroxylation is 6. The lowest BCUT2D eigenvalue weighted by Crippen LogP contribution is -2.60. The van der Waals surface area contributed by atoms with Crippen molar-refractivity contribution >= 4 is 57.6 Å². The van der Waals surface area contributed by atoms with E-state index in [1.807, 2.05) is 6.92 Å². The van der Waals surface area contributed by atoms with Crippen LogP contribution < -0.4 is 0 Å². The molecule has 6 aromatic rings. The Bertz CT molecular complexity index is 3850. The SMILES string of the molecule is CC1(OC(=O)COC(=O)C23CC4CC(C2)C(OC(=O)C(C)(F)F)C(C4)C3)CCCCC1.CCC1(OC(=O)COC(=O)C23CC4CC(C2)C(OC(=O)C(C)(F)F)C(C4)C3)C2CC3CC(C2)CC1C3.Cc1ccc([S+](c2ccc(C)cc2)c2ccc(C)cc2)cc1.Cc1ccc([S+](c2ccc(C)cc2)c2ccc(C)cc2)cc1. The summed E-state index contributed by atoms with van der Waals surface area (Å²) in [5, 5.41) is 0. The maximum Gasteiger partial charge on any atom is 0.376 e. The lowest BCUT2D eigenvalue weighted by Gasteiger charge is -2.60. The van der Waals surface area contributed by atoms with Gasteiger partial charge in [0, 0.05) is 13.8 Å². The summed E-state index contributed by atoms with van der Waals surface area (Å²) in [4.78, 5) is 83.4. The van der Waals surface area contributed by atoms with Crippen molar-refractivity contribution in [3.05, 3.63) is 179 Å². The molecule has 13 saturated carbocycles. The zero-order valence-electron chi connectivity index (χ0n) is 66.3. The van der Waals surface area contributed by atoms with Crippen LogP contribution in [-0.2, 0) is 79.0 Å². The van der Waals surface area contributed by atoms with E-state index < -0.39 is 82.5 Å². The number of esters is 6. The van der Waals surface area contributed by atoms with E-state index in [2.05, 4.69) is 194 Å². The number of hydrogen-bond donors (Lipinski definition) is 0. The van der Waals surface area contributed by atoms with Gasteiger partial charge in [0.15, 0.2) is 42.6 Å². The summed E-state index contributed by atoms with van der Waals surface area (Å²) in [7, 11) is -0.0789. The van der Waals surface area contributed by atoms with E-state index in [1.54, 1.807) is 0 Å². The van der Waals surface area contributed by atoms with Crippen LogP contribution in [0.1, 0.15) is 196 Å². The van der Waals surface area contributed by atoms with E-state index in [-0.39, 0.29) is 69.9 Å². The standard InChI is InChI=1S/C28H38F2O6.C23H32F2O6.2C21H21S/c1-3-28(20-7-15-4-16(9-20)10-21(28)8-15)36-22(31)14-34-25(33)27-11-17-5-18(12-27)23(19(6-17)13-27)35-24(32)26(2,29)30;1-21(6-4-3-5-7-21)31-17(26)13-29-20(28)23-10-14-8-15(11-23)18(16(9-14)12-23)30-19(27)22(2,24)25;2*1-16-4-10-19(11-5-16)22(20-12-6-17(2)7-13-20)21-14-8-18(3)9-15-21/h15-21,23H,3-14H2,1-2H3;14-16,18H,3-13H2,1-2H3;2*4-15H,1-3H3/q;;2*+1. The predicted octanol–water partition coefficient (Wildman–Crippen LogP) is 20.7. The molecule has 0 radical (unpaired) electrons. The first-order chi connectivity index (χ1) is 52.8. The van der Waals surface area contributed by atoms with Crippen LogP contribution in [-0.4, -0.2) is 84.3 Å². The first-order valence-corrected chi connectivity index (χ1v) is 43.1. The van der Waals surface area contributed by atoms with Gasteiger partial charge in [-0.15, -0.1) is 0 Å². The molecule has 0 aliphatic heterocycles. The van der Waals surface area contributed by atoms with Crippen LogP contribution in [0.25, 0.3) is 0 Å². The molecule has 0 amide bonds. The third-order valence-electron chi connectivity index (χ3n) is 26.3. The van der Waals surface area contributed by atoms with Crippen molar-refractivity contribution in [3.63, 3.8) is 0 Å². The molecule has 12 nitrogen and oxygen atoms in total. The third-order valence-corrected chi connectivity index (χ3v) is 30.7. The number of ether oxygens (including phenoxy) is 6. The quantitative estimate of drug-likeness (QED) is 0.0328. The number of carbonyl (C=O) groups excluding carboxylic acids is 6.